The number of aromatic nitrogens is 2. The molecule has 0 fully saturated rings. The number of hydrogen-bond donors (Lipinski definition) is 1. The molecule has 0 aliphatic rings. The van der Waals surface area contributed by atoms with Crippen LogP contribution in [0.1, 0.15) is 26.3 Å². The highest BCUT2D eigenvalue weighted by atomic mass is 15.3. The molecule has 0 aliphatic carbocycles. The van der Waals surface area contributed by atoms with Crippen LogP contribution in [0.2, 0.25) is 0 Å². The highest BCUT2D eigenvalue weighted by Gasteiger charge is 2.05. The highest BCUT2D eigenvalue weighted by molar-refractivity contribution is 5.57. The molecule has 0 radical (unpaired) electrons. The smallest absolute Gasteiger partial charge is 0.0875 e. The molecule has 18 heavy (non-hydrogen) atoms. The molecule has 0 amide bonds. The summed E-state index contributed by atoms with van der Waals surface area (Å²) in [6, 6.07) is 7.64. The maximum Gasteiger partial charge on any atom is 0.0875 e. The highest BCUT2D eigenvalue weighted by Crippen LogP contribution is 2.16. The van der Waals surface area contributed by atoms with Gasteiger partial charge in [-0.15, -0.1) is 0 Å². The van der Waals surface area contributed by atoms with Crippen molar-refractivity contribution in [3.8, 4) is 17.5 Å². The standard InChI is InChI=1S/C15H17N3/c1-15(2,3)9-8-12-10-17-18(11-12)14-7-5-4-6-13(14)16/h4-7,10-11H,16H2,1-3H3. The van der Waals surface area contributed by atoms with Crippen molar-refractivity contribution in [2.24, 2.45) is 5.41 Å². The lowest BCUT2D eigenvalue weighted by Gasteiger charge is -2.06. The van der Waals surface area contributed by atoms with Crippen molar-refractivity contribution in [3.63, 3.8) is 0 Å². The Kier molecular flexibility index (Phi) is 3.12. The lowest BCUT2D eigenvalue weighted by atomic mass is 9.98. The number of para-hydroxylation sites is 2. The van der Waals surface area contributed by atoms with Crippen LogP contribution < -0.4 is 5.73 Å². The molecule has 1 heterocycles. The van der Waals surface area contributed by atoms with Crippen molar-refractivity contribution in [1.82, 2.24) is 9.78 Å². The molecule has 92 valence electrons. The minimum atomic E-state index is -0.00608. The summed E-state index contributed by atoms with van der Waals surface area (Å²) in [5.74, 6) is 6.30. The average Bonchev–Trinajstić information content (AvgIpc) is 2.75. The van der Waals surface area contributed by atoms with Gasteiger partial charge in [-0.1, -0.05) is 24.0 Å². The van der Waals surface area contributed by atoms with Crippen molar-refractivity contribution < 1.29 is 0 Å². The van der Waals surface area contributed by atoms with Crippen molar-refractivity contribution >= 4 is 5.69 Å². The molecule has 1 aromatic heterocycles. The Morgan fingerprint density at radius 1 is 1.22 bits per heavy atom. The molecule has 0 saturated carbocycles. The van der Waals surface area contributed by atoms with Gasteiger partial charge in [-0.05, 0) is 32.9 Å². The van der Waals surface area contributed by atoms with Gasteiger partial charge in [0.1, 0.15) is 0 Å². The largest absolute Gasteiger partial charge is 0.397 e. The molecule has 0 unspecified atom stereocenters. The molecule has 2 N–H and O–H groups in total. The Morgan fingerprint density at radius 2 is 1.94 bits per heavy atom. The molecular weight excluding hydrogens is 222 g/mol. The zero-order chi connectivity index (χ0) is 13.2. The summed E-state index contributed by atoms with van der Waals surface area (Å²) in [5, 5.41) is 4.28. The van der Waals surface area contributed by atoms with E-state index in [9.17, 15) is 0 Å². The van der Waals surface area contributed by atoms with Crippen LogP contribution in [0, 0.1) is 17.3 Å². The fourth-order valence-corrected chi connectivity index (χ4v) is 1.47. The fraction of sp³-hybridized carbons (Fsp3) is 0.267. The Labute approximate surface area is 108 Å². The first kappa shape index (κ1) is 12.3. The first-order valence-electron chi connectivity index (χ1n) is 5.88. The van der Waals surface area contributed by atoms with Crippen LogP contribution in [0.25, 0.3) is 5.69 Å². The molecule has 2 rings (SSSR count). The number of hydrogen-bond acceptors (Lipinski definition) is 2. The second kappa shape index (κ2) is 4.58. The molecular formula is C15H17N3. The Hall–Kier alpha value is -2.21. The van der Waals surface area contributed by atoms with Crippen LogP contribution in [0.3, 0.4) is 0 Å². The summed E-state index contributed by atoms with van der Waals surface area (Å²) >= 11 is 0. The van der Waals surface area contributed by atoms with Gasteiger partial charge in [-0.25, -0.2) is 4.68 Å². The van der Waals surface area contributed by atoms with E-state index in [1.807, 2.05) is 30.5 Å². The van der Waals surface area contributed by atoms with Crippen LogP contribution in [0.5, 0.6) is 0 Å². The molecule has 2 aromatic rings. The molecule has 0 bridgehead atoms. The van der Waals surface area contributed by atoms with Gasteiger partial charge in [0.2, 0.25) is 0 Å². The van der Waals surface area contributed by atoms with Crippen molar-refractivity contribution in [1.29, 1.82) is 0 Å². The zero-order valence-corrected chi connectivity index (χ0v) is 10.9. The fourth-order valence-electron chi connectivity index (χ4n) is 1.47. The van der Waals surface area contributed by atoms with E-state index >= 15 is 0 Å². The molecule has 3 nitrogen and oxygen atoms in total. The minimum Gasteiger partial charge on any atom is -0.397 e. The van der Waals surface area contributed by atoms with Crippen molar-refractivity contribution in [3.05, 3.63) is 42.2 Å². The first-order chi connectivity index (χ1) is 8.46. The van der Waals surface area contributed by atoms with E-state index in [0.717, 1.165) is 11.3 Å². The quantitative estimate of drug-likeness (QED) is 0.614. The second-order valence-corrected chi connectivity index (χ2v) is 5.23. The van der Waals surface area contributed by atoms with Gasteiger partial charge in [-0.2, -0.15) is 5.10 Å². The molecule has 0 aliphatic heterocycles. The van der Waals surface area contributed by atoms with Gasteiger partial charge in [0.05, 0.1) is 23.1 Å². The normalized spacial score (nSPS) is 10.8. The van der Waals surface area contributed by atoms with Crippen LogP contribution in [-0.2, 0) is 0 Å². The van der Waals surface area contributed by atoms with Crippen LogP contribution in [0.4, 0.5) is 5.69 Å². The number of nitrogens with zero attached hydrogens (tertiary/aromatic N) is 2. The maximum atomic E-state index is 5.91. The third kappa shape index (κ3) is 2.92. The third-order valence-corrected chi connectivity index (χ3v) is 2.35. The second-order valence-electron chi connectivity index (χ2n) is 5.23. The molecule has 0 atom stereocenters. The average molecular weight is 239 g/mol. The van der Waals surface area contributed by atoms with E-state index in [2.05, 4.69) is 37.7 Å². The summed E-state index contributed by atoms with van der Waals surface area (Å²) < 4.78 is 1.75. The summed E-state index contributed by atoms with van der Waals surface area (Å²) in [6.07, 6.45) is 3.65. The molecule has 0 saturated heterocycles. The van der Waals surface area contributed by atoms with E-state index < -0.39 is 0 Å². The van der Waals surface area contributed by atoms with Gasteiger partial charge in [0.15, 0.2) is 0 Å². The maximum absolute atomic E-state index is 5.91. The summed E-state index contributed by atoms with van der Waals surface area (Å²) in [4.78, 5) is 0. The number of rotatable bonds is 1. The molecule has 3 heteroatoms. The molecule has 0 spiro atoms. The Bertz CT molecular complexity index is 606. The number of nitrogens with two attached hydrogens (primary N) is 1. The lowest BCUT2D eigenvalue weighted by molar-refractivity contribution is 0.571. The van der Waals surface area contributed by atoms with Gasteiger partial charge in [-0.3, -0.25) is 0 Å². The topological polar surface area (TPSA) is 43.8 Å². The third-order valence-electron chi connectivity index (χ3n) is 2.35. The van der Waals surface area contributed by atoms with E-state index in [-0.39, 0.29) is 5.41 Å². The first-order valence-corrected chi connectivity index (χ1v) is 5.88. The predicted molar refractivity (Wildman–Crippen MR) is 74.3 cm³/mol. The van der Waals surface area contributed by atoms with Crippen molar-refractivity contribution in [2.45, 2.75) is 20.8 Å². The van der Waals surface area contributed by atoms with Crippen LogP contribution in [-0.4, -0.2) is 9.78 Å². The summed E-state index contributed by atoms with van der Waals surface area (Å²) in [6.45, 7) is 6.25. The van der Waals surface area contributed by atoms with Gasteiger partial charge < -0.3 is 5.73 Å². The predicted octanol–water partition coefficient (Wildman–Crippen LogP) is 2.85. The SMILES string of the molecule is CC(C)(C)C#Cc1cnn(-c2ccccc2N)c1. The van der Waals surface area contributed by atoms with Gasteiger partial charge >= 0.3 is 0 Å². The monoisotopic (exact) mass is 239 g/mol. The van der Waals surface area contributed by atoms with Gasteiger partial charge in [0.25, 0.3) is 0 Å². The van der Waals surface area contributed by atoms with Crippen LogP contribution >= 0.6 is 0 Å². The van der Waals surface area contributed by atoms with Gasteiger partial charge in [0, 0.05) is 11.6 Å². The number of anilines is 1. The summed E-state index contributed by atoms with van der Waals surface area (Å²) in [7, 11) is 0. The lowest BCUT2D eigenvalue weighted by Crippen LogP contribution is -1.99. The molecule has 1 aromatic carbocycles. The van der Waals surface area contributed by atoms with E-state index in [4.69, 9.17) is 5.73 Å². The van der Waals surface area contributed by atoms with Crippen molar-refractivity contribution in [2.75, 3.05) is 5.73 Å². The zero-order valence-electron chi connectivity index (χ0n) is 10.9. The Morgan fingerprint density at radius 3 is 2.61 bits per heavy atom. The summed E-state index contributed by atoms with van der Waals surface area (Å²) in [5.41, 5.74) is 8.38. The number of nitrogen functional groups attached to an aromatic ring is 1. The number of benzene rings is 1. The van der Waals surface area contributed by atoms with E-state index in [1.165, 1.54) is 0 Å². The Balaban J connectivity index is 2.31. The minimum absolute atomic E-state index is 0.00608. The van der Waals surface area contributed by atoms with Crippen LogP contribution in [0.15, 0.2) is 36.7 Å². The van der Waals surface area contributed by atoms with E-state index in [0.29, 0.717) is 5.69 Å². The van der Waals surface area contributed by atoms with E-state index in [1.54, 1.807) is 10.9 Å².